The van der Waals surface area contributed by atoms with Crippen LogP contribution in [0.5, 0.6) is 0 Å². The zero-order valence-corrected chi connectivity index (χ0v) is 29.6. The zero-order chi connectivity index (χ0) is 35.7. The second-order valence-corrected chi connectivity index (χ2v) is 14.7. The average molecular weight is 681 g/mol. The smallest absolute Gasteiger partial charge is 0.303 e. The van der Waals surface area contributed by atoms with Crippen molar-refractivity contribution in [1.82, 2.24) is 0 Å². The van der Waals surface area contributed by atoms with Gasteiger partial charge in [0.05, 0.1) is 37.6 Å². The molecular weight excluding hydrogens is 624 g/mol. The third-order valence-electron chi connectivity index (χ3n) is 10.8. The molecule has 0 unspecified atom stereocenters. The maximum atomic E-state index is 12.2. The molecule has 0 aromatic heterocycles. The fraction of sp³-hybridized carbons (Fsp3) is 0.778. The van der Waals surface area contributed by atoms with Crippen molar-refractivity contribution in [2.75, 3.05) is 26.9 Å². The Kier molecular flexibility index (Phi) is 12.4. The number of aliphatic hydroxyl groups is 4. The van der Waals surface area contributed by atoms with Gasteiger partial charge in [-0.1, -0.05) is 37.1 Å². The lowest BCUT2D eigenvalue weighted by molar-refractivity contribution is -0.320. The largest absolute Gasteiger partial charge is 0.465 e. The highest BCUT2D eigenvalue weighted by atomic mass is 16.7. The van der Waals surface area contributed by atoms with Crippen LogP contribution in [0.15, 0.2) is 35.5 Å². The maximum absolute atomic E-state index is 12.2. The summed E-state index contributed by atoms with van der Waals surface area (Å²) < 4.78 is 35.1. The molecule has 1 aliphatic heterocycles. The number of methoxy groups -OCH3 is 1. The van der Waals surface area contributed by atoms with E-state index in [1.807, 2.05) is 20.8 Å². The van der Waals surface area contributed by atoms with Crippen molar-refractivity contribution < 1.29 is 58.4 Å². The summed E-state index contributed by atoms with van der Waals surface area (Å²) in [6, 6.07) is 0. The Morgan fingerprint density at radius 2 is 1.79 bits per heavy atom. The van der Waals surface area contributed by atoms with Crippen molar-refractivity contribution in [3.63, 3.8) is 0 Å². The van der Waals surface area contributed by atoms with E-state index in [0.717, 1.165) is 24.0 Å². The third kappa shape index (κ3) is 7.91. The minimum atomic E-state index is -1.67. The first-order valence-corrected chi connectivity index (χ1v) is 17.0. The van der Waals surface area contributed by atoms with Gasteiger partial charge in [-0.15, -0.1) is 6.58 Å². The van der Waals surface area contributed by atoms with Gasteiger partial charge in [-0.3, -0.25) is 9.59 Å². The van der Waals surface area contributed by atoms with E-state index >= 15 is 0 Å². The Bertz CT molecular complexity index is 1240. The third-order valence-corrected chi connectivity index (χ3v) is 10.8. The Balaban J connectivity index is 1.80. The van der Waals surface area contributed by atoms with E-state index < -0.39 is 72.0 Å². The number of hydrogen-bond acceptors (Lipinski definition) is 12. The molecule has 272 valence electrons. The first kappa shape index (κ1) is 38.6. The molecule has 0 aromatic carbocycles. The predicted octanol–water partition coefficient (Wildman–Crippen LogP) is 2.61. The van der Waals surface area contributed by atoms with E-state index in [4.69, 9.17) is 28.4 Å². The molecule has 2 fully saturated rings. The Labute approximate surface area is 284 Å². The average Bonchev–Trinajstić information content (AvgIpc) is 3.52. The summed E-state index contributed by atoms with van der Waals surface area (Å²) in [5, 5.41) is 46.6. The van der Waals surface area contributed by atoms with Crippen LogP contribution in [0.25, 0.3) is 0 Å². The number of hydrogen-bond donors (Lipinski definition) is 4. The van der Waals surface area contributed by atoms with Gasteiger partial charge in [-0.05, 0) is 57.4 Å². The van der Waals surface area contributed by atoms with E-state index in [1.54, 1.807) is 27.0 Å². The van der Waals surface area contributed by atoms with Gasteiger partial charge in [0, 0.05) is 38.2 Å². The summed E-state index contributed by atoms with van der Waals surface area (Å²) in [4.78, 5) is 23.7. The predicted molar refractivity (Wildman–Crippen MR) is 174 cm³/mol. The maximum Gasteiger partial charge on any atom is 0.303 e. The molecule has 13 atom stereocenters. The molecule has 3 aliphatic carbocycles. The number of carbonyl (C=O) groups excluding carboxylic acids is 2. The molecule has 0 radical (unpaired) electrons. The zero-order valence-electron chi connectivity index (χ0n) is 29.6. The van der Waals surface area contributed by atoms with Gasteiger partial charge in [0.2, 0.25) is 0 Å². The summed E-state index contributed by atoms with van der Waals surface area (Å²) in [7, 11) is 1.66. The van der Waals surface area contributed by atoms with Crippen molar-refractivity contribution in [2.24, 2.45) is 29.1 Å². The van der Waals surface area contributed by atoms with Crippen molar-refractivity contribution >= 4 is 11.9 Å². The molecule has 1 saturated carbocycles. The molecule has 4 rings (SSSR count). The van der Waals surface area contributed by atoms with E-state index in [9.17, 15) is 30.0 Å². The molecule has 0 spiro atoms. The van der Waals surface area contributed by atoms with Crippen LogP contribution in [-0.4, -0.2) is 114 Å². The molecule has 1 saturated heterocycles. The molecule has 0 amide bonds. The second kappa shape index (κ2) is 15.4. The van der Waals surface area contributed by atoms with Crippen molar-refractivity contribution in [3.05, 3.63) is 35.5 Å². The normalized spacial score (nSPS) is 39.1. The minimum Gasteiger partial charge on any atom is -0.465 e. The van der Waals surface area contributed by atoms with Crippen LogP contribution >= 0.6 is 0 Å². The highest BCUT2D eigenvalue weighted by Gasteiger charge is 2.56. The van der Waals surface area contributed by atoms with Gasteiger partial charge < -0.3 is 48.8 Å². The molecule has 12 nitrogen and oxygen atoms in total. The number of ether oxygens (including phenoxy) is 6. The molecule has 12 heteroatoms. The molecule has 48 heavy (non-hydrogen) atoms. The molecule has 1 heterocycles. The summed E-state index contributed by atoms with van der Waals surface area (Å²) in [5.74, 6) is -1.65. The van der Waals surface area contributed by atoms with E-state index in [-0.39, 0.29) is 43.3 Å². The standard InChI is InChI=1S/C36H56O12/c1-10-35(6,7)45-17-26-32(46-21(5)38)30(41)31(42)34(47-26)48-33-28-24(18(2)15-44-20(4)37)13-27(39)36(28,8)14-25-22(16-43-9)11-12-23(25)19(3)29(33)40/h10,14,18-19,22-23,26-27,29-34,39-42H,1,11-13,15-17H2,2-9H3/t18-,19-,22-,23+,26-,27+,29-,30-,31-,32-,33-,34-,36+/m1/s1. The lowest BCUT2D eigenvalue weighted by Crippen LogP contribution is -2.62. The van der Waals surface area contributed by atoms with Gasteiger partial charge in [0.15, 0.2) is 12.4 Å². The highest BCUT2D eigenvalue weighted by Crippen LogP contribution is 2.56. The Morgan fingerprint density at radius 3 is 2.40 bits per heavy atom. The number of esters is 2. The van der Waals surface area contributed by atoms with E-state index in [0.29, 0.717) is 12.2 Å². The lowest BCUT2D eigenvalue weighted by atomic mass is 9.68. The number of carbonyl (C=O) groups is 2. The van der Waals surface area contributed by atoms with Gasteiger partial charge in [-0.2, -0.15) is 0 Å². The second-order valence-electron chi connectivity index (χ2n) is 14.7. The van der Waals surface area contributed by atoms with E-state index in [1.165, 1.54) is 13.8 Å². The number of fused-ring (bicyclic) bond motifs is 2. The summed E-state index contributed by atoms with van der Waals surface area (Å²) in [6.45, 7) is 16.1. The van der Waals surface area contributed by atoms with Crippen LogP contribution in [-0.2, 0) is 38.0 Å². The van der Waals surface area contributed by atoms with Crippen molar-refractivity contribution in [1.29, 1.82) is 0 Å². The monoisotopic (exact) mass is 680 g/mol. The minimum absolute atomic E-state index is 0.0160. The molecule has 0 bridgehead atoms. The van der Waals surface area contributed by atoms with Gasteiger partial charge >= 0.3 is 11.9 Å². The Morgan fingerprint density at radius 1 is 1.10 bits per heavy atom. The van der Waals surface area contributed by atoms with Crippen LogP contribution in [0.3, 0.4) is 0 Å². The molecular formula is C36H56O12. The lowest BCUT2D eigenvalue weighted by Gasteiger charge is -2.47. The fourth-order valence-corrected chi connectivity index (χ4v) is 7.89. The van der Waals surface area contributed by atoms with Crippen molar-refractivity contribution in [3.8, 4) is 0 Å². The van der Waals surface area contributed by atoms with Crippen LogP contribution in [0.1, 0.15) is 67.7 Å². The summed E-state index contributed by atoms with van der Waals surface area (Å²) >= 11 is 0. The number of rotatable bonds is 12. The van der Waals surface area contributed by atoms with Crippen LogP contribution in [0.2, 0.25) is 0 Å². The first-order chi connectivity index (χ1) is 22.4. The molecule has 4 aliphatic rings. The SMILES string of the molecule is C=CC(C)(C)OC[C@H]1O[C@H](O[C@@H]2C3=C([C@H](C)COC(C)=O)C[C@H](O)[C@]3(C)C=C3[C@@H](COC)CC[C@H]3[C@@H](C)[C@H]2O)[C@H](O)[C@@H](O)[C@@H]1OC(C)=O. The van der Waals surface area contributed by atoms with Crippen LogP contribution in [0, 0.1) is 29.1 Å². The molecule has 4 N–H and O–H groups in total. The number of aliphatic hydroxyl groups excluding tert-OH is 4. The van der Waals surface area contributed by atoms with Crippen LogP contribution < -0.4 is 0 Å². The van der Waals surface area contributed by atoms with Gasteiger partial charge in [0.1, 0.15) is 24.4 Å². The van der Waals surface area contributed by atoms with Crippen LogP contribution in [0.4, 0.5) is 0 Å². The fourth-order valence-electron chi connectivity index (χ4n) is 7.89. The van der Waals surface area contributed by atoms with Gasteiger partial charge in [-0.25, -0.2) is 0 Å². The Hall–Kier alpha value is -2.16. The first-order valence-electron chi connectivity index (χ1n) is 17.0. The summed E-state index contributed by atoms with van der Waals surface area (Å²) in [6.07, 6.45) is -4.53. The molecule has 0 aromatic rings. The summed E-state index contributed by atoms with van der Waals surface area (Å²) in [5.41, 5.74) is 0.750. The highest BCUT2D eigenvalue weighted by molar-refractivity contribution is 5.66. The topological polar surface area (TPSA) is 170 Å². The van der Waals surface area contributed by atoms with Crippen molar-refractivity contribution in [2.45, 2.75) is 122 Å². The van der Waals surface area contributed by atoms with E-state index in [2.05, 4.69) is 12.7 Å². The van der Waals surface area contributed by atoms with Gasteiger partial charge in [0.25, 0.3) is 0 Å². The quantitative estimate of drug-likeness (QED) is 0.176.